The van der Waals surface area contributed by atoms with Crippen molar-refractivity contribution >= 4 is 49.9 Å². The van der Waals surface area contributed by atoms with Crippen LogP contribution >= 0.6 is 22.9 Å². The Balaban J connectivity index is 1.85. The van der Waals surface area contributed by atoms with Crippen LogP contribution in [0.5, 0.6) is 0 Å². The van der Waals surface area contributed by atoms with Gasteiger partial charge in [-0.2, -0.15) is 0 Å². The van der Waals surface area contributed by atoms with E-state index in [-0.39, 0.29) is 11.6 Å². The summed E-state index contributed by atoms with van der Waals surface area (Å²) in [5.74, 6) is -0.324. The predicted molar refractivity (Wildman–Crippen MR) is 81.2 cm³/mol. The fourth-order valence-corrected chi connectivity index (χ4v) is 2.79. The molecule has 7 heteroatoms. The molecule has 0 radical (unpaired) electrons. The molecule has 2 heterocycles. The minimum atomic E-state index is -0.324. The summed E-state index contributed by atoms with van der Waals surface area (Å²) < 4.78 is 0.915. The lowest BCUT2D eigenvalue weighted by Crippen LogP contribution is -2.13. The minimum absolute atomic E-state index is 0.288. The molecule has 2 aromatic heterocycles. The number of benzene rings is 1. The number of anilines is 2. The molecule has 5 nitrogen and oxygen atoms in total. The standard InChI is InChI=1S/C13H9ClN4OS/c14-7-1-3-9-11(5-7)20-13(17-9)18-12(19)10-4-2-8(15)6-16-10/h1-6H,15H2,(H,17,18,19). The van der Waals surface area contributed by atoms with Gasteiger partial charge in [0.25, 0.3) is 5.91 Å². The van der Waals surface area contributed by atoms with Crippen molar-refractivity contribution in [1.29, 1.82) is 0 Å². The molecule has 20 heavy (non-hydrogen) atoms. The molecule has 0 saturated carbocycles. The number of nitrogen functional groups attached to an aromatic ring is 1. The van der Waals surface area contributed by atoms with Gasteiger partial charge in [0.05, 0.1) is 22.1 Å². The molecule has 0 saturated heterocycles. The van der Waals surface area contributed by atoms with Gasteiger partial charge < -0.3 is 5.73 Å². The first-order chi connectivity index (χ1) is 9.61. The highest BCUT2D eigenvalue weighted by atomic mass is 35.5. The molecule has 3 aromatic rings. The molecule has 100 valence electrons. The van der Waals surface area contributed by atoms with Gasteiger partial charge in [-0.15, -0.1) is 0 Å². The summed E-state index contributed by atoms with van der Waals surface area (Å²) >= 11 is 7.27. The number of nitrogens with zero attached hydrogens (tertiary/aromatic N) is 2. The number of carbonyl (C=O) groups excluding carboxylic acids is 1. The van der Waals surface area contributed by atoms with E-state index in [1.165, 1.54) is 17.5 Å². The number of carbonyl (C=O) groups is 1. The molecule has 1 aromatic carbocycles. The average Bonchev–Trinajstić information content (AvgIpc) is 2.80. The third-order valence-electron chi connectivity index (χ3n) is 2.59. The molecular weight excluding hydrogens is 296 g/mol. The van der Waals surface area contributed by atoms with E-state index in [0.717, 1.165) is 10.2 Å². The number of nitrogens with one attached hydrogen (secondary N) is 1. The lowest BCUT2D eigenvalue weighted by molar-refractivity contribution is 0.102. The molecule has 0 aliphatic carbocycles. The second-order valence-electron chi connectivity index (χ2n) is 4.06. The van der Waals surface area contributed by atoms with Crippen LogP contribution in [-0.4, -0.2) is 15.9 Å². The molecule has 0 bridgehead atoms. The van der Waals surface area contributed by atoms with Crippen molar-refractivity contribution in [2.75, 3.05) is 11.1 Å². The van der Waals surface area contributed by atoms with E-state index in [1.807, 2.05) is 12.1 Å². The van der Waals surface area contributed by atoms with E-state index in [0.29, 0.717) is 15.8 Å². The van der Waals surface area contributed by atoms with Crippen molar-refractivity contribution in [2.45, 2.75) is 0 Å². The zero-order valence-corrected chi connectivity index (χ0v) is 11.7. The number of aromatic nitrogens is 2. The van der Waals surface area contributed by atoms with Gasteiger partial charge >= 0.3 is 0 Å². The van der Waals surface area contributed by atoms with Gasteiger partial charge in [-0.1, -0.05) is 22.9 Å². The predicted octanol–water partition coefficient (Wildman–Crippen LogP) is 3.18. The molecule has 0 aliphatic rings. The van der Waals surface area contributed by atoms with Gasteiger partial charge in [0, 0.05) is 5.02 Å². The maximum absolute atomic E-state index is 12.0. The molecule has 3 N–H and O–H groups in total. The van der Waals surface area contributed by atoms with Crippen LogP contribution in [0.1, 0.15) is 10.5 Å². The fourth-order valence-electron chi connectivity index (χ4n) is 1.65. The molecular formula is C13H9ClN4OS. The Labute approximate surface area is 123 Å². The number of hydrogen-bond acceptors (Lipinski definition) is 5. The molecule has 1 amide bonds. The first-order valence-electron chi connectivity index (χ1n) is 5.71. The summed E-state index contributed by atoms with van der Waals surface area (Å²) in [6, 6.07) is 8.57. The van der Waals surface area contributed by atoms with Gasteiger partial charge in [-0.05, 0) is 30.3 Å². The first-order valence-corrected chi connectivity index (χ1v) is 6.90. The molecule has 0 aliphatic heterocycles. The summed E-state index contributed by atoms with van der Waals surface area (Å²) in [6.45, 7) is 0. The molecule has 0 atom stereocenters. The molecule has 3 rings (SSSR count). The summed E-state index contributed by atoms with van der Waals surface area (Å²) in [5, 5.41) is 3.85. The van der Waals surface area contributed by atoms with E-state index in [4.69, 9.17) is 17.3 Å². The lowest BCUT2D eigenvalue weighted by atomic mass is 10.3. The number of amides is 1. The zero-order chi connectivity index (χ0) is 14.1. The van der Waals surface area contributed by atoms with Crippen molar-refractivity contribution in [3.8, 4) is 0 Å². The Hall–Kier alpha value is -2.18. The van der Waals surface area contributed by atoms with Crippen LogP contribution in [0.3, 0.4) is 0 Å². The lowest BCUT2D eigenvalue weighted by Gasteiger charge is -2.00. The number of fused-ring (bicyclic) bond motifs is 1. The summed E-state index contributed by atoms with van der Waals surface area (Å²) in [7, 11) is 0. The molecule has 0 unspecified atom stereocenters. The van der Waals surface area contributed by atoms with E-state index < -0.39 is 0 Å². The number of thiazole rings is 1. The van der Waals surface area contributed by atoms with Crippen LogP contribution in [0.25, 0.3) is 10.2 Å². The average molecular weight is 305 g/mol. The van der Waals surface area contributed by atoms with Crippen LogP contribution in [0.15, 0.2) is 36.5 Å². The van der Waals surface area contributed by atoms with E-state index >= 15 is 0 Å². The van der Waals surface area contributed by atoms with E-state index in [1.54, 1.807) is 18.2 Å². The Morgan fingerprint density at radius 1 is 1.30 bits per heavy atom. The van der Waals surface area contributed by atoms with Crippen molar-refractivity contribution < 1.29 is 4.79 Å². The van der Waals surface area contributed by atoms with Crippen molar-refractivity contribution in [1.82, 2.24) is 9.97 Å². The quantitative estimate of drug-likeness (QED) is 0.762. The van der Waals surface area contributed by atoms with Crippen LogP contribution < -0.4 is 11.1 Å². The summed E-state index contributed by atoms with van der Waals surface area (Å²) in [4.78, 5) is 20.3. The number of halogens is 1. The van der Waals surface area contributed by atoms with Crippen LogP contribution in [0.2, 0.25) is 5.02 Å². The van der Waals surface area contributed by atoms with Gasteiger partial charge in [-0.25, -0.2) is 9.97 Å². The fraction of sp³-hybridized carbons (Fsp3) is 0. The van der Waals surface area contributed by atoms with Crippen LogP contribution in [0, 0.1) is 0 Å². The Morgan fingerprint density at radius 3 is 2.90 bits per heavy atom. The van der Waals surface area contributed by atoms with Crippen molar-refractivity contribution in [2.24, 2.45) is 0 Å². The largest absolute Gasteiger partial charge is 0.397 e. The van der Waals surface area contributed by atoms with Gasteiger partial charge in [0.15, 0.2) is 5.13 Å². The monoisotopic (exact) mass is 304 g/mol. The first kappa shape index (κ1) is 12.8. The maximum Gasteiger partial charge on any atom is 0.276 e. The second-order valence-corrected chi connectivity index (χ2v) is 5.53. The van der Waals surface area contributed by atoms with Crippen molar-refractivity contribution in [3.63, 3.8) is 0 Å². The van der Waals surface area contributed by atoms with Gasteiger partial charge in [-0.3, -0.25) is 10.1 Å². The van der Waals surface area contributed by atoms with E-state index in [9.17, 15) is 4.79 Å². The number of nitrogens with two attached hydrogens (primary N) is 1. The van der Waals surface area contributed by atoms with Gasteiger partial charge in [0.2, 0.25) is 0 Å². The van der Waals surface area contributed by atoms with Crippen molar-refractivity contribution in [3.05, 3.63) is 47.2 Å². The number of pyridine rings is 1. The highest BCUT2D eigenvalue weighted by molar-refractivity contribution is 7.22. The van der Waals surface area contributed by atoms with Gasteiger partial charge in [0.1, 0.15) is 5.69 Å². The SMILES string of the molecule is Nc1ccc(C(=O)Nc2nc3ccc(Cl)cc3s2)nc1. The Kier molecular flexibility index (Phi) is 3.25. The van der Waals surface area contributed by atoms with Crippen LogP contribution in [-0.2, 0) is 0 Å². The highest BCUT2D eigenvalue weighted by Crippen LogP contribution is 2.28. The molecule has 0 fully saturated rings. The number of rotatable bonds is 2. The number of hydrogen-bond donors (Lipinski definition) is 2. The Bertz CT molecular complexity index is 785. The third-order valence-corrected chi connectivity index (χ3v) is 3.76. The van der Waals surface area contributed by atoms with E-state index in [2.05, 4.69) is 15.3 Å². The normalized spacial score (nSPS) is 10.7. The smallest absolute Gasteiger partial charge is 0.276 e. The highest BCUT2D eigenvalue weighted by Gasteiger charge is 2.11. The zero-order valence-electron chi connectivity index (χ0n) is 10.1. The minimum Gasteiger partial charge on any atom is -0.397 e. The topological polar surface area (TPSA) is 80.9 Å². The second kappa shape index (κ2) is 5.07. The summed E-state index contributed by atoms with van der Waals surface area (Å²) in [5.41, 5.74) is 7.12. The maximum atomic E-state index is 12.0. The van der Waals surface area contributed by atoms with Crippen LogP contribution in [0.4, 0.5) is 10.8 Å². The molecule has 0 spiro atoms. The summed E-state index contributed by atoms with van der Waals surface area (Å²) in [6.07, 6.45) is 1.44. The Morgan fingerprint density at radius 2 is 2.15 bits per heavy atom. The third kappa shape index (κ3) is 2.56.